The molecular formula is C23H34N4O7. The Morgan fingerprint density at radius 2 is 2.03 bits per heavy atom. The predicted molar refractivity (Wildman–Crippen MR) is 125 cm³/mol. The summed E-state index contributed by atoms with van der Waals surface area (Å²) in [6.45, 7) is 10.9. The Bertz CT molecular complexity index is 940. The molecule has 0 unspecified atom stereocenters. The zero-order valence-corrected chi connectivity index (χ0v) is 20.8. The lowest BCUT2D eigenvalue weighted by Crippen LogP contribution is -2.45. The summed E-state index contributed by atoms with van der Waals surface area (Å²) >= 11 is 0. The van der Waals surface area contributed by atoms with E-state index in [-0.39, 0.29) is 13.3 Å². The smallest absolute Gasteiger partial charge is 0.410 e. The molecule has 11 nitrogen and oxygen atoms in total. The fraction of sp³-hybridized carbons (Fsp3) is 0.609. The number of nitrogens with zero attached hydrogens (tertiary/aromatic N) is 4. The molecule has 188 valence electrons. The third-order valence-corrected chi connectivity index (χ3v) is 5.51. The molecule has 0 aromatic heterocycles. The van der Waals surface area contributed by atoms with Crippen LogP contribution in [-0.2, 0) is 9.47 Å². The minimum atomic E-state index is -1.19. The van der Waals surface area contributed by atoms with E-state index < -0.39 is 35.8 Å². The fourth-order valence-corrected chi connectivity index (χ4v) is 4.09. The second kappa shape index (κ2) is 11.3. The molecule has 1 fully saturated rings. The van der Waals surface area contributed by atoms with E-state index in [9.17, 15) is 9.90 Å². The maximum atomic E-state index is 13.1. The Morgan fingerprint density at radius 3 is 2.53 bits per heavy atom. The van der Waals surface area contributed by atoms with Gasteiger partial charge in [-0.25, -0.2) is 4.79 Å². The van der Waals surface area contributed by atoms with Gasteiger partial charge in [0.2, 0.25) is 0 Å². The molecule has 0 bridgehead atoms. The van der Waals surface area contributed by atoms with Gasteiger partial charge in [-0.1, -0.05) is 11.2 Å². The number of likely N-dealkylation sites (tertiary alicyclic amines) is 1. The first-order chi connectivity index (χ1) is 16.0. The summed E-state index contributed by atoms with van der Waals surface area (Å²) < 4.78 is 27.7. The van der Waals surface area contributed by atoms with E-state index in [1.807, 2.05) is 6.92 Å². The van der Waals surface area contributed by atoms with Crippen LogP contribution in [-0.4, -0.2) is 74.6 Å². The number of carbonyl (C=O) groups excluding carboxylic acids is 1. The average Bonchev–Trinajstić information content (AvgIpc) is 3.09. The molecule has 1 aliphatic rings. The van der Waals surface area contributed by atoms with Crippen molar-refractivity contribution in [1.82, 2.24) is 4.90 Å². The van der Waals surface area contributed by atoms with Gasteiger partial charge in [0.25, 0.3) is 0 Å². The molecule has 0 radical (unpaired) electrons. The highest BCUT2D eigenvalue weighted by Crippen LogP contribution is 2.46. The zero-order chi connectivity index (χ0) is 25.6. The van der Waals surface area contributed by atoms with E-state index in [4.69, 9.17) is 29.2 Å². The number of hydrogen-bond donors (Lipinski definition) is 1. The van der Waals surface area contributed by atoms with E-state index in [0.29, 0.717) is 28.4 Å². The van der Waals surface area contributed by atoms with Gasteiger partial charge in [0.1, 0.15) is 11.4 Å². The second-order valence-electron chi connectivity index (χ2n) is 8.85. The van der Waals surface area contributed by atoms with Gasteiger partial charge in [0.05, 0.1) is 32.4 Å². The maximum absolute atomic E-state index is 13.1. The molecule has 11 heteroatoms. The number of aliphatic hydroxyl groups is 1. The number of benzene rings is 1. The van der Waals surface area contributed by atoms with E-state index in [0.717, 1.165) is 0 Å². The lowest BCUT2D eigenvalue weighted by molar-refractivity contribution is 0.0130. The number of ether oxygens (including phenoxy) is 5. The number of rotatable bonds is 9. The van der Waals surface area contributed by atoms with Crippen LogP contribution in [0.5, 0.6) is 17.2 Å². The number of hydrogen-bond acceptors (Lipinski definition) is 8. The van der Waals surface area contributed by atoms with Crippen molar-refractivity contribution >= 4 is 6.09 Å². The monoisotopic (exact) mass is 478 g/mol. The first kappa shape index (κ1) is 27.1. The van der Waals surface area contributed by atoms with E-state index in [2.05, 4.69) is 16.6 Å². The average molecular weight is 479 g/mol. The minimum absolute atomic E-state index is 0.0243. The third kappa shape index (κ3) is 5.67. The summed E-state index contributed by atoms with van der Waals surface area (Å²) in [4.78, 5) is 17.3. The van der Waals surface area contributed by atoms with Crippen LogP contribution in [0.4, 0.5) is 4.79 Å². The van der Waals surface area contributed by atoms with Gasteiger partial charge in [-0.05, 0) is 39.3 Å². The summed E-state index contributed by atoms with van der Waals surface area (Å²) in [6, 6.07) is 0.00297. The Morgan fingerprint density at radius 1 is 1.35 bits per heavy atom. The lowest BCUT2D eigenvalue weighted by Gasteiger charge is -2.34. The van der Waals surface area contributed by atoms with Crippen molar-refractivity contribution in [2.75, 3.05) is 34.7 Å². The SMILES string of the molecule is C=C[C@H](c1cc(OC)c(C)c(OC)c1OCOC)[C@H]1[C@H](O)[C@@H](N=[N+]=[N-])CN1C(=O)OC(C)(C)C. The molecule has 1 heterocycles. The molecule has 1 N–H and O–H groups in total. The van der Waals surface area contributed by atoms with E-state index >= 15 is 0 Å². The van der Waals surface area contributed by atoms with Crippen LogP contribution in [0.1, 0.15) is 37.8 Å². The quantitative estimate of drug-likeness (QED) is 0.187. The molecular weight excluding hydrogens is 444 g/mol. The van der Waals surface area contributed by atoms with E-state index in [1.165, 1.54) is 26.2 Å². The van der Waals surface area contributed by atoms with Crippen LogP contribution in [0.25, 0.3) is 10.4 Å². The highest BCUT2D eigenvalue weighted by molar-refractivity contribution is 5.70. The van der Waals surface area contributed by atoms with Crippen molar-refractivity contribution in [3.8, 4) is 17.2 Å². The van der Waals surface area contributed by atoms with Gasteiger partial charge in [-0.3, -0.25) is 0 Å². The molecule has 1 aromatic rings. The Kier molecular flexibility index (Phi) is 9.03. The molecule has 0 spiro atoms. The Hall–Kier alpha value is -3.14. The molecule has 1 aromatic carbocycles. The largest absolute Gasteiger partial charge is 0.496 e. The van der Waals surface area contributed by atoms with Crippen molar-refractivity contribution in [3.63, 3.8) is 0 Å². The van der Waals surface area contributed by atoms with Crippen molar-refractivity contribution in [2.24, 2.45) is 5.11 Å². The van der Waals surface area contributed by atoms with Crippen LogP contribution in [0.3, 0.4) is 0 Å². The molecule has 2 rings (SSSR count). The Balaban J connectivity index is 2.70. The summed E-state index contributed by atoms with van der Waals surface area (Å²) in [5.41, 5.74) is 9.47. The first-order valence-corrected chi connectivity index (χ1v) is 10.8. The van der Waals surface area contributed by atoms with Crippen molar-refractivity contribution in [3.05, 3.63) is 40.3 Å². The number of carbonyl (C=O) groups is 1. The van der Waals surface area contributed by atoms with Gasteiger partial charge < -0.3 is 33.7 Å². The van der Waals surface area contributed by atoms with Crippen molar-refractivity contribution in [1.29, 1.82) is 0 Å². The molecule has 4 atom stereocenters. The van der Waals surface area contributed by atoms with Crippen LogP contribution in [0.2, 0.25) is 0 Å². The molecule has 1 aliphatic heterocycles. The standard InChI is InChI=1S/C23H34N4O7/c1-9-14(15-10-17(31-7)13(2)20(32-8)21(15)33-12-30-6)18-19(28)16(25-26-24)11-27(18)22(29)34-23(3,4)5/h9-10,14,16,18-19,28H,1,11-12H2,2-8H3/t14-,16+,18+,19-/m1/s1. The molecule has 0 aliphatic carbocycles. The third-order valence-electron chi connectivity index (χ3n) is 5.51. The van der Waals surface area contributed by atoms with Gasteiger partial charge in [0.15, 0.2) is 18.3 Å². The maximum Gasteiger partial charge on any atom is 0.410 e. The van der Waals surface area contributed by atoms with Crippen LogP contribution in [0.15, 0.2) is 23.8 Å². The van der Waals surface area contributed by atoms with Crippen molar-refractivity contribution in [2.45, 2.75) is 57.4 Å². The highest BCUT2D eigenvalue weighted by atomic mass is 16.7. The molecule has 1 amide bonds. The summed E-state index contributed by atoms with van der Waals surface area (Å²) in [6.07, 6.45) is -0.253. The Labute approximate surface area is 199 Å². The van der Waals surface area contributed by atoms with Crippen LogP contribution in [0, 0.1) is 6.92 Å². The number of amides is 1. The number of methoxy groups -OCH3 is 3. The summed E-state index contributed by atoms with van der Waals surface area (Å²) in [5.74, 6) is 0.625. The number of aliphatic hydroxyl groups excluding tert-OH is 1. The molecule has 34 heavy (non-hydrogen) atoms. The predicted octanol–water partition coefficient (Wildman–Crippen LogP) is 3.92. The fourth-order valence-electron chi connectivity index (χ4n) is 4.09. The summed E-state index contributed by atoms with van der Waals surface area (Å²) in [5, 5.41) is 14.8. The second-order valence-corrected chi connectivity index (χ2v) is 8.85. The normalized spacial score (nSPS) is 20.8. The molecule has 1 saturated heterocycles. The zero-order valence-electron chi connectivity index (χ0n) is 20.8. The van der Waals surface area contributed by atoms with Gasteiger partial charge in [-0.15, -0.1) is 6.58 Å². The van der Waals surface area contributed by atoms with Crippen LogP contribution >= 0.6 is 0 Å². The highest BCUT2D eigenvalue weighted by Gasteiger charge is 2.48. The molecule has 0 saturated carbocycles. The minimum Gasteiger partial charge on any atom is -0.496 e. The first-order valence-electron chi connectivity index (χ1n) is 10.8. The van der Waals surface area contributed by atoms with E-state index in [1.54, 1.807) is 32.9 Å². The topological polar surface area (TPSA) is 135 Å². The summed E-state index contributed by atoms with van der Waals surface area (Å²) in [7, 11) is 4.52. The lowest BCUT2D eigenvalue weighted by atomic mass is 9.86. The van der Waals surface area contributed by atoms with Gasteiger partial charge >= 0.3 is 6.09 Å². The van der Waals surface area contributed by atoms with Gasteiger partial charge in [0, 0.05) is 35.6 Å². The van der Waals surface area contributed by atoms with Gasteiger partial charge in [-0.2, -0.15) is 0 Å². The number of azide groups is 1. The van der Waals surface area contributed by atoms with Crippen molar-refractivity contribution < 1.29 is 33.6 Å². The van der Waals surface area contributed by atoms with Crippen LogP contribution < -0.4 is 14.2 Å².